The summed E-state index contributed by atoms with van der Waals surface area (Å²) in [6, 6.07) is 5.74. The zero-order valence-corrected chi connectivity index (χ0v) is 11.3. The summed E-state index contributed by atoms with van der Waals surface area (Å²) in [6.45, 7) is 0.780. The molecule has 1 unspecified atom stereocenters. The Morgan fingerprint density at radius 2 is 2.10 bits per heavy atom. The Morgan fingerprint density at radius 1 is 1.40 bits per heavy atom. The van der Waals surface area contributed by atoms with Crippen LogP contribution < -0.4 is 10.1 Å². The third-order valence-corrected chi connectivity index (χ3v) is 3.27. The molecule has 0 spiro atoms. The first-order chi connectivity index (χ1) is 9.54. The number of hydrogen-bond acceptors (Lipinski definition) is 2. The number of nitrogens with one attached hydrogen (secondary N) is 1. The van der Waals surface area contributed by atoms with Gasteiger partial charge in [0.2, 0.25) is 0 Å². The Balaban J connectivity index is 1.90. The van der Waals surface area contributed by atoms with Crippen LogP contribution in [-0.2, 0) is 0 Å². The molecule has 0 saturated carbocycles. The maximum atomic E-state index is 12.0. The van der Waals surface area contributed by atoms with Crippen LogP contribution in [0.3, 0.4) is 0 Å². The van der Waals surface area contributed by atoms with Crippen molar-refractivity contribution in [3.63, 3.8) is 0 Å². The lowest BCUT2D eigenvalue weighted by atomic mass is 10.0. The first-order valence-electron chi connectivity index (χ1n) is 6.65. The molecule has 4 nitrogen and oxygen atoms in total. The number of urea groups is 1. The molecular formula is C14H18F2N2O2. The molecule has 0 aliphatic carbocycles. The van der Waals surface area contributed by atoms with Gasteiger partial charge in [-0.2, -0.15) is 8.78 Å². The smallest absolute Gasteiger partial charge is 0.387 e. The van der Waals surface area contributed by atoms with Crippen molar-refractivity contribution in [2.24, 2.45) is 5.92 Å². The Morgan fingerprint density at radius 3 is 2.70 bits per heavy atom. The van der Waals surface area contributed by atoms with Crippen LogP contribution in [0.25, 0.3) is 0 Å². The number of rotatable bonds is 3. The van der Waals surface area contributed by atoms with Crippen LogP contribution in [-0.4, -0.2) is 30.6 Å². The lowest BCUT2D eigenvalue weighted by molar-refractivity contribution is -0.0498. The molecule has 2 rings (SSSR count). The fourth-order valence-corrected chi connectivity index (χ4v) is 2.30. The van der Waals surface area contributed by atoms with Gasteiger partial charge in [-0.05, 0) is 43.0 Å². The van der Waals surface area contributed by atoms with E-state index in [0.717, 1.165) is 25.9 Å². The number of nitrogens with zero attached hydrogens (tertiary/aromatic N) is 1. The number of ether oxygens (including phenoxy) is 1. The van der Waals surface area contributed by atoms with Crippen molar-refractivity contribution >= 4 is 11.7 Å². The first-order valence-corrected chi connectivity index (χ1v) is 6.65. The van der Waals surface area contributed by atoms with Gasteiger partial charge in [0.25, 0.3) is 0 Å². The van der Waals surface area contributed by atoms with E-state index in [1.165, 1.54) is 12.1 Å². The molecule has 1 atom stereocenters. The van der Waals surface area contributed by atoms with Crippen molar-refractivity contribution in [2.75, 3.05) is 18.4 Å². The van der Waals surface area contributed by atoms with Gasteiger partial charge in [0, 0.05) is 18.8 Å². The van der Waals surface area contributed by atoms with E-state index in [1.54, 1.807) is 17.0 Å². The number of hydrogen-bond donors (Lipinski definition) is 1. The molecule has 2 amide bonds. The van der Waals surface area contributed by atoms with Gasteiger partial charge in [-0.25, -0.2) is 4.79 Å². The average Bonchev–Trinajstić information content (AvgIpc) is 2.40. The second-order valence-electron chi connectivity index (χ2n) is 5.03. The second kappa shape index (κ2) is 6.54. The van der Waals surface area contributed by atoms with Gasteiger partial charge in [-0.3, -0.25) is 0 Å². The molecule has 110 valence electrons. The standard InChI is InChI=1S/C14H18F2N2O2/c1-10-3-2-8-18(9-10)14(19)17-11-4-6-12(7-5-11)20-13(15)16/h4-7,10,13H,2-3,8-9H2,1H3,(H,17,19). The number of anilines is 1. The number of amides is 2. The Labute approximate surface area is 116 Å². The predicted octanol–water partition coefficient (Wildman–Crippen LogP) is 3.55. The van der Waals surface area contributed by atoms with Gasteiger partial charge in [-0.15, -0.1) is 0 Å². The zero-order valence-electron chi connectivity index (χ0n) is 11.3. The van der Waals surface area contributed by atoms with Crippen molar-refractivity contribution in [3.05, 3.63) is 24.3 Å². The summed E-state index contributed by atoms with van der Waals surface area (Å²) in [4.78, 5) is 13.8. The summed E-state index contributed by atoms with van der Waals surface area (Å²) >= 11 is 0. The van der Waals surface area contributed by atoms with Gasteiger partial charge in [0.05, 0.1) is 0 Å². The SMILES string of the molecule is CC1CCCN(C(=O)Nc2ccc(OC(F)F)cc2)C1. The first kappa shape index (κ1) is 14.6. The lowest BCUT2D eigenvalue weighted by Crippen LogP contribution is -2.41. The van der Waals surface area contributed by atoms with Crippen LogP contribution in [0.2, 0.25) is 0 Å². The quantitative estimate of drug-likeness (QED) is 0.922. The highest BCUT2D eigenvalue weighted by molar-refractivity contribution is 5.89. The number of piperidine rings is 1. The third-order valence-electron chi connectivity index (χ3n) is 3.27. The van der Waals surface area contributed by atoms with Crippen molar-refractivity contribution in [1.82, 2.24) is 4.90 Å². The van der Waals surface area contributed by atoms with Crippen LogP contribution in [0.5, 0.6) is 5.75 Å². The highest BCUT2D eigenvalue weighted by atomic mass is 19.3. The molecule has 0 radical (unpaired) electrons. The van der Waals surface area contributed by atoms with Crippen LogP contribution in [0.1, 0.15) is 19.8 Å². The molecule has 1 aliphatic rings. The van der Waals surface area contributed by atoms with Gasteiger partial charge < -0.3 is 15.0 Å². The molecule has 1 aromatic carbocycles. The fourth-order valence-electron chi connectivity index (χ4n) is 2.30. The van der Waals surface area contributed by atoms with Gasteiger partial charge >= 0.3 is 12.6 Å². The van der Waals surface area contributed by atoms with E-state index in [4.69, 9.17) is 0 Å². The Bertz CT molecular complexity index is 451. The van der Waals surface area contributed by atoms with Crippen LogP contribution in [0, 0.1) is 5.92 Å². The van der Waals surface area contributed by atoms with Crippen LogP contribution in [0.15, 0.2) is 24.3 Å². The van der Waals surface area contributed by atoms with Crippen molar-refractivity contribution in [2.45, 2.75) is 26.4 Å². The summed E-state index contributed by atoms with van der Waals surface area (Å²) in [5.74, 6) is 0.584. The summed E-state index contributed by atoms with van der Waals surface area (Å²) in [5.41, 5.74) is 0.565. The topological polar surface area (TPSA) is 41.6 Å². The molecule has 1 aromatic rings. The van der Waals surface area contributed by atoms with E-state index >= 15 is 0 Å². The van der Waals surface area contributed by atoms with E-state index < -0.39 is 6.61 Å². The normalized spacial score (nSPS) is 19.0. The minimum Gasteiger partial charge on any atom is -0.435 e. The molecule has 1 aliphatic heterocycles. The number of carbonyl (C=O) groups is 1. The highest BCUT2D eigenvalue weighted by Gasteiger charge is 2.20. The van der Waals surface area contributed by atoms with E-state index in [1.807, 2.05) is 0 Å². The molecular weight excluding hydrogens is 266 g/mol. The zero-order chi connectivity index (χ0) is 14.5. The maximum absolute atomic E-state index is 12.0. The summed E-state index contributed by atoms with van der Waals surface area (Å²) in [6.07, 6.45) is 2.15. The molecule has 1 saturated heterocycles. The summed E-state index contributed by atoms with van der Waals surface area (Å²) in [5, 5.41) is 2.76. The monoisotopic (exact) mass is 284 g/mol. The molecule has 6 heteroatoms. The Kier molecular flexibility index (Phi) is 4.76. The largest absolute Gasteiger partial charge is 0.435 e. The molecule has 1 N–H and O–H groups in total. The van der Waals surface area contributed by atoms with Gasteiger partial charge in [0.15, 0.2) is 0 Å². The van der Waals surface area contributed by atoms with Crippen molar-refractivity contribution in [3.8, 4) is 5.75 Å². The second-order valence-corrected chi connectivity index (χ2v) is 5.03. The number of alkyl halides is 2. The van der Waals surface area contributed by atoms with Crippen molar-refractivity contribution in [1.29, 1.82) is 0 Å². The van der Waals surface area contributed by atoms with Gasteiger partial charge in [-0.1, -0.05) is 6.92 Å². The Hall–Kier alpha value is -1.85. The lowest BCUT2D eigenvalue weighted by Gasteiger charge is -2.30. The number of benzene rings is 1. The maximum Gasteiger partial charge on any atom is 0.387 e. The van der Waals surface area contributed by atoms with E-state index in [9.17, 15) is 13.6 Å². The van der Waals surface area contributed by atoms with Crippen LogP contribution in [0.4, 0.5) is 19.3 Å². The van der Waals surface area contributed by atoms with Crippen LogP contribution >= 0.6 is 0 Å². The average molecular weight is 284 g/mol. The van der Waals surface area contributed by atoms with Gasteiger partial charge in [0.1, 0.15) is 5.75 Å². The van der Waals surface area contributed by atoms with Crippen molar-refractivity contribution < 1.29 is 18.3 Å². The number of carbonyl (C=O) groups excluding carboxylic acids is 1. The molecule has 1 fully saturated rings. The van der Waals surface area contributed by atoms with E-state index in [0.29, 0.717) is 11.6 Å². The predicted molar refractivity (Wildman–Crippen MR) is 72.1 cm³/mol. The van der Waals surface area contributed by atoms with E-state index in [2.05, 4.69) is 17.0 Å². The third kappa shape index (κ3) is 4.08. The minimum atomic E-state index is -2.84. The number of halogens is 2. The van der Waals surface area contributed by atoms with E-state index in [-0.39, 0.29) is 11.8 Å². The highest BCUT2D eigenvalue weighted by Crippen LogP contribution is 2.20. The number of likely N-dealkylation sites (tertiary alicyclic amines) is 1. The molecule has 20 heavy (non-hydrogen) atoms. The molecule has 0 bridgehead atoms. The molecule has 0 aromatic heterocycles. The minimum absolute atomic E-state index is 0.0737. The fraction of sp³-hybridized carbons (Fsp3) is 0.500. The summed E-state index contributed by atoms with van der Waals surface area (Å²) < 4.78 is 28.3. The summed E-state index contributed by atoms with van der Waals surface area (Å²) in [7, 11) is 0. The molecule has 1 heterocycles.